The summed E-state index contributed by atoms with van der Waals surface area (Å²) in [4.78, 5) is 0. The number of hydrogen-bond donors (Lipinski definition) is 6. The second-order valence-electron chi connectivity index (χ2n) is 1.34. The maximum Gasteiger partial charge on any atom is 1.00 e. The van der Waals surface area contributed by atoms with Gasteiger partial charge in [-0.2, -0.15) is 25.3 Å². The van der Waals surface area contributed by atoms with Gasteiger partial charge in [0, 0.05) is 0 Å². The van der Waals surface area contributed by atoms with Gasteiger partial charge in [0.2, 0.25) is 0 Å². The van der Waals surface area contributed by atoms with E-state index in [1.54, 1.807) is 0 Å². The van der Waals surface area contributed by atoms with Crippen LogP contribution in [0.1, 0.15) is 1.43 Å². The minimum Gasteiger partial charge on any atom is -1.00 e. The molecule has 0 aliphatic heterocycles. The monoisotopic (exact) mass is 412 g/mol. The molecule has 0 bridgehead atoms. The van der Waals surface area contributed by atoms with Crippen molar-refractivity contribution >= 4 is 65.9 Å². The van der Waals surface area contributed by atoms with Crippen LogP contribution in [0.4, 0.5) is 0 Å². The van der Waals surface area contributed by atoms with Gasteiger partial charge in [0.1, 0.15) is 0 Å². The van der Waals surface area contributed by atoms with E-state index in [0.717, 1.165) is 0 Å². The Morgan fingerprint density at radius 2 is 0.526 bits per heavy atom. The third kappa shape index (κ3) is 1310. The van der Waals surface area contributed by atoms with Gasteiger partial charge >= 0.3 is 82.6 Å². The first-order valence-electron chi connectivity index (χ1n) is 2.10. The summed E-state index contributed by atoms with van der Waals surface area (Å²) in [6.07, 6.45) is 0. The van der Waals surface area contributed by atoms with Gasteiger partial charge in [-0.3, -0.25) is 27.3 Å². The molecule has 0 aromatic heterocycles. The van der Waals surface area contributed by atoms with Gasteiger partial charge in [-0.15, -0.1) is 0 Å². The molecule has 118 valence electrons. The topological polar surface area (TPSA) is 255 Å². The van der Waals surface area contributed by atoms with Crippen molar-refractivity contribution in [1.29, 1.82) is 0 Å². The third-order valence-corrected chi connectivity index (χ3v) is 0. The molecule has 13 nitrogen and oxygen atoms in total. The average Bonchev–Trinajstić information content (AvgIpc) is 1.41. The summed E-state index contributed by atoms with van der Waals surface area (Å²) in [5.74, 6) is 0. The van der Waals surface area contributed by atoms with E-state index in [9.17, 15) is 0 Å². The van der Waals surface area contributed by atoms with Crippen LogP contribution in [0.2, 0.25) is 0 Å². The normalized spacial score (nSPS) is 9.16. The number of rotatable bonds is 0. The SMILES string of the molecule is O.O=S(=O)(O)O.O=S(=O)(O)O.O=S(=O)(O)O.[AlH3].[AlH3].[H-].[K+]. The van der Waals surface area contributed by atoms with Crippen LogP contribution in [0.15, 0.2) is 0 Å². The molecular weight excluding hydrogens is 397 g/mol. The average molecular weight is 412 g/mol. The zero-order valence-corrected chi connectivity index (χ0v) is 13.4. The molecule has 0 saturated carbocycles. The Morgan fingerprint density at radius 1 is 0.526 bits per heavy atom. The van der Waals surface area contributed by atoms with Crippen LogP contribution >= 0.6 is 0 Å². The Hall–Kier alpha value is 2.27. The summed E-state index contributed by atoms with van der Waals surface area (Å²) in [6, 6.07) is 0. The zero-order chi connectivity index (χ0) is 13.5. The predicted octanol–water partition coefficient (Wildman–Crippen LogP) is -8.03. The molecule has 8 N–H and O–H groups in total. The Balaban J connectivity index is -0.0000000160. The first-order chi connectivity index (χ1) is 6.00. The fourth-order valence-corrected chi connectivity index (χ4v) is 0. The molecule has 0 aromatic rings. The third-order valence-electron chi connectivity index (χ3n) is 0. The molecule has 0 saturated heterocycles. The molecule has 19 heteroatoms. The van der Waals surface area contributed by atoms with E-state index in [1.807, 2.05) is 0 Å². The Bertz CT molecular complexity index is 353. The van der Waals surface area contributed by atoms with Crippen LogP contribution in [-0.4, -0.2) is 92.8 Å². The molecule has 0 radical (unpaired) electrons. The van der Waals surface area contributed by atoms with Crippen LogP contribution in [0.5, 0.6) is 0 Å². The molecule has 0 aliphatic rings. The summed E-state index contributed by atoms with van der Waals surface area (Å²) >= 11 is 0. The molecular formula is H15Al2KO13S3. The van der Waals surface area contributed by atoms with Crippen molar-refractivity contribution in [2.24, 2.45) is 0 Å². The van der Waals surface area contributed by atoms with E-state index in [2.05, 4.69) is 0 Å². The predicted molar refractivity (Wildman–Crippen MR) is 67.1 cm³/mol. The Morgan fingerprint density at radius 3 is 0.526 bits per heavy atom. The second kappa shape index (κ2) is 18.3. The van der Waals surface area contributed by atoms with Crippen LogP contribution in [-0.2, 0) is 31.2 Å². The fraction of sp³-hybridized carbons (Fsp3) is 0. The molecule has 19 heavy (non-hydrogen) atoms. The maximum absolute atomic E-state index is 8.74. The molecule has 0 unspecified atom stereocenters. The summed E-state index contributed by atoms with van der Waals surface area (Å²) in [7, 11) is -14.0. The van der Waals surface area contributed by atoms with E-state index in [4.69, 9.17) is 52.6 Å². The smallest absolute Gasteiger partial charge is 1.00 e. The molecule has 0 aromatic carbocycles. The van der Waals surface area contributed by atoms with Crippen LogP contribution in [0, 0.1) is 0 Å². The van der Waals surface area contributed by atoms with Crippen molar-refractivity contribution in [3.8, 4) is 0 Å². The van der Waals surface area contributed by atoms with Gasteiger partial charge < -0.3 is 6.90 Å². The molecule has 0 heterocycles. The van der Waals surface area contributed by atoms with E-state index in [0.29, 0.717) is 0 Å². The van der Waals surface area contributed by atoms with Gasteiger partial charge in [-0.25, -0.2) is 0 Å². The largest absolute Gasteiger partial charge is 1.00 e. The standard InChI is InChI=1S/2Al.K.3H2O4S.H2O.7H/c;;;3*1-5(2,3)4;;;;;;;;/h;;;3*(H2,1,2,3,4);1H2;;;;;;;/q;;+1;;;;;;;;;;;-1. The van der Waals surface area contributed by atoms with Crippen molar-refractivity contribution in [2.75, 3.05) is 0 Å². The van der Waals surface area contributed by atoms with E-state index in [1.165, 1.54) is 0 Å². The first kappa shape index (κ1) is 42.9. The van der Waals surface area contributed by atoms with Crippen LogP contribution in [0.25, 0.3) is 0 Å². The Kier molecular flexibility index (Phi) is 41.4. The van der Waals surface area contributed by atoms with Gasteiger partial charge in [0.25, 0.3) is 0 Å². The van der Waals surface area contributed by atoms with Gasteiger partial charge in [0.05, 0.1) is 0 Å². The minimum atomic E-state index is -4.67. The second-order valence-corrected chi connectivity index (χ2v) is 4.03. The Labute approximate surface area is 174 Å². The van der Waals surface area contributed by atoms with Crippen molar-refractivity contribution < 1.29 is 111 Å². The fourth-order valence-electron chi connectivity index (χ4n) is 0. The van der Waals surface area contributed by atoms with Gasteiger partial charge in [0.15, 0.2) is 34.7 Å². The maximum atomic E-state index is 8.74. The molecule has 0 spiro atoms. The minimum absolute atomic E-state index is 0. The van der Waals surface area contributed by atoms with E-state index in [-0.39, 0.29) is 93.0 Å². The summed E-state index contributed by atoms with van der Waals surface area (Å²) in [6.45, 7) is 0. The molecule has 0 amide bonds. The molecule has 0 atom stereocenters. The summed E-state index contributed by atoms with van der Waals surface area (Å²) in [5, 5.41) is 0. The molecule has 0 rings (SSSR count). The van der Waals surface area contributed by atoms with Crippen LogP contribution < -0.4 is 51.4 Å². The van der Waals surface area contributed by atoms with Gasteiger partial charge in [-0.05, 0) is 0 Å². The van der Waals surface area contributed by atoms with Crippen molar-refractivity contribution in [3.63, 3.8) is 0 Å². The molecule has 0 aliphatic carbocycles. The van der Waals surface area contributed by atoms with E-state index >= 15 is 0 Å². The van der Waals surface area contributed by atoms with Crippen LogP contribution in [0.3, 0.4) is 0 Å². The summed E-state index contributed by atoms with van der Waals surface area (Å²) in [5.41, 5.74) is 0. The summed E-state index contributed by atoms with van der Waals surface area (Å²) < 4.78 is 94.8. The van der Waals surface area contributed by atoms with Crippen molar-refractivity contribution in [2.45, 2.75) is 0 Å². The molecule has 0 fully saturated rings. The first-order valence-corrected chi connectivity index (χ1v) is 6.29. The van der Waals surface area contributed by atoms with Crippen molar-refractivity contribution in [1.82, 2.24) is 0 Å². The number of hydrogen-bond acceptors (Lipinski definition) is 6. The van der Waals surface area contributed by atoms with Gasteiger partial charge in [-0.1, -0.05) is 0 Å². The van der Waals surface area contributed by atoms with E-state index < -0.39 is 31.2 Å². The zero-order valence-electron chi connectivity index (χ0n) is 8.86. The quantitative estimate of drug-likeness (QED) is 0.160. The van der Waals surface area contributed by atoms with Crippen molar-refractivity contribution in [3.05, 3.63) is 0 Å².